The number of hydrogen-bond donors (Lipinski definition) is 0. The molecule has 0 aromatic heterocycles. The summed E-state index contributed by atoms with van der Waals surface area (Å²) in [7, 11) is 0. The number of hydrogen-bond acceptors (Lipinski definition) is 4. The van der Waals surface area contributed by atoms with Gasteiger partial charge >= 0.3 is 0 Å². The highest BCUT2D eigenvalue weighted by molar-refractivity contribution is 6.37. The molecule has 0 atom stereocenters. The summed E-state index contributed by atoms with van der Waals surface area (Å²) < 4.78 is 0. The van der Waals surface area contributed by atoms with Gasteiger partial charge in [0, 0.05) is 22.3 Å². The van der Waals surface area contributed by atoms with E-state index in [4.69, 9.17) is 26.3 Å². The second kappa shape index (κ2) is 11.0. The Labute approximate surface area is 264 Å². The van der Waals surface area contributed by atoms with E-state index in [1.165, 1.54) is 12.1 Å². The third-order valence-electron chi connectivity index (χ3n) is 7.79. The summed E-state index contributed by atoms with van der Waals surface area (Å²) in [5, 5.41) is 39.2. The van der Waals surface area contributed by atoms with Crippen LogP contribution in [0.2, 0.25) is 0 Å². The van der Waals surface area contributed by atoms with Crippen LogP contribution < -0.4 is 0 Å². The molecule has 0 saturated carbocycles. The van der Waals surface area contributed by atoms with Crippen molar-refractivity contribution in [3.8, 4) is 46.5 Å². The normalized spacial score (nSPS) is 13.9. The van der Waals surface area contributed by atoms with E-state index in [0.29, 0.717) is 77.9 Å². The zero-order chi connectivity index (χ0) is 32.5. The van der Waals surface area contributed by atoms with Crippen molar-refractivity contribution in [1.29, 1.82) is 21.0 Å². The van der Waals surface area contributed by atoms with Crippen LogP contribution in [-0.4, -0.2) is 0 Å². The summed E-state index contributed by atoms with van der Waals surface area (Å²) in [5.74, 6) is 0. The molecule has 0 radical (unpaired) electrons. The molecule has 0 spiro atoms. The maximum atomic E-state index is 10.1. The van der Waals surface area contributed by atoms with Crippen LogP contribution in [0.4, 0.5) is 11.4 Å². The highest BCUT2D eigenvalue weighted by Crippen LogP contribution is 2.60. The fourth-order valence-electron chi connectivity index (χ4n) is 5.93. The van der Waals surface area contributed by atoms with Gasteiger partial charge in [0.1, 0.15) is 0 Å². The third-order valence-corrected chi connectivity index (χ3v) is 7.79. The van der Waals surface area contributed by atoms with Crippen molar-refractivity contribution in [1.82, 2.24) is 0 Å². The van der Waals surface area contributed by atoms with Crippen molar-refractivity contribution in [2.75, 3.05) is 0 Å². The van der Waals surface area contributed by atoms with Crippen molar-refractivity contribution >= 4 is 33.7 Å². The minimum atomic E-state index is -0.165. The first kappa shape index (κ1) is 28.2. The quantitative estimate of drug-likeness (QED) is 0.174. The SMILES string of the molecule is [C-]#[N+]/C(C#N)=C1C2=C(/C(=C(\C#N)[N+]#[C-])c3ccc(-c4cc(C#N)cc([N+]#[C-])c4)cc32)c2cc(-c3cc(C#N)cc([N+]#[C-])c3)ccc2\1. The van der Waals surface area contributed by atoms with Gasteiger partial charge in [-0.1, -0.05) is 24.3 Å². The molecule has 2 aliphatic rings. The Morgan fingerprint density at radius 3 is 1.22 bits per heavy atom. The van der Waals surface area contributed by atoms with Crippen molar-refractivity contribution < 1.29 is 0 Å². The van der Waals surface area contributed by atoms with E-state index >= 15 is 0 Å². The summed E-state index contributed by atoms with van der Waals surface area (Å²) in [6.07, 6.45) is 0. The van der Waals surface area contributed by atoms with Gasteiger partial charge in [-0.2, -0.15) is 10.5 Å². The largest absolute Gasteiger partial charge is 0.270 e. The first-order chi connectivity index (χ1) is 22.4. The van der Waals surface area contributed by atoms with E-state index in [-0.39, 0.29) is 22.8 Å². The number of benzene rings is 4. The summed E-state index contributed by atoms with van der Waals surface area (Å²) >= 11 is 0. The standard InChI is InChI=1S/C38H12N8/c1-43-27-11-21(17-39)9-25(13-27)23-5-7-29-31(15-23)37-36(34(20-42)46-4)30-8-6-24(26-10-22(18-40)12-28(14-26)44-2)16-32(30)38(37)35(29)33(19-41)45-3/h5-16H/b35-33-,36-34+. The van der Waals surface area contributed by atoms with Gasteiger partial charge in [0.15, 0.2) is 11.4 Å². The number of allylic oxidation sites excluding steroid dienone is 6. The van der Waals surface area contributed by atoms with E-state index in [9.17, 15) is 21.0 Å². The second-order valence-electron chi connectivity index (χ2n) is 10.1. The van der Waals surface area contributed by atoms with E-state index in [2.05, 4.69) is 31.5 Å². The molecule has 0 N–H and O–H groups in total. The Kier molecular flexibility index (Phi) is 6.74. The number of nitrogens with zero attached hydrogens (tertiary/aromatic N) is 8. The van der Waals surface area contributed by atoms with Crippen LogP contribution in [0, 0.1) is 71.6 Å². The Balaban J connectivity index is 1.70. The monoisotopic (exact) mass is 580 g/mol. The lowest BCUT2D eigenvalue weighted by atomic mass is 9.88. The third kappa shape index (κ3) is 4.24. The molecule has 0 aliphatic heterocycles. The lowest BCUT2D eigenvalue weighted by molar-refractivity contribution is 1.47. The molecule has 8 nitrogen and oxygen atoms in total. The molecule has 0 amide bonds. The molecule has 0 fully saturated rings. The zero-order valence-electron chi connectivity index (χ0n) is 23.5. The van der Waals surface area contributed by atoms with Gasteiger partial charge in [-0.3, -0.25) is 0 Å². The number of fused-ring (bicyclic) bond motifs is 4. The number of nitriles is 4. The van der Waals surface area contributed by atoms with Crippen molar-refractivity contribution in [2.45, 2.75) is 0 Å². The first-order valence-electron chi connectivity index (χ1n) is 13.4. The fourth-order valence-corrected chi connectivity index (χ4v) is 5.93. The van der Waals surface area contributed by atoms with E-state index in [1.807, 2.05) is 24.3 Å². The molecule has 4 aromatic carbocycles. The molecule has 46 heavy (non-hydrogen) atoms. The number of rotatable bonds is 2. The molecule has 0 bridgehead atoms. The Hall–Kier alpha value is -7.98. The van der Waals surface area contributed by atoms with Crippen molar-refractivity contribution in [3.05, 3.63) is 163 Å². The van der Waals surface area contributed by atoms with Gasteiger partial charge < -0.3 is 0 Å². The highest BCUT2D eigenvalue weighted by atomic mass is 14.7. The Morgan fingerprint density at radius 2 is 0.891 bits per heavy atom. The van der Waals surface area contributed by atoms with E-state index in [0.717, 1.165) is 0 Å². The average Bonchev–Trinajstić information content (AvgIpc) is 3.61. The maximum absolute atomic E-state index is 10.1. The van der Waals surface area contributed by atoms with Crippen molar-refractivity contribution in [2.24, 2.45) is 0 Å². The lowest BCUT2D eigenvalue weighted by Gasteiger charge is -2.15. The second-order valence-corrected chi connectivity index (χ2v) is 10.1. The minimum Gasteiger partial charge on any atom is -0.238 e. The molecule has 0 heterocycles. The van der Waals surface area contributed by atoms with Crippen LogP contribution in [0.25, 0.3) is 63.9 Å². The molecule has 0 unspecified atom stereocenters. The molecule has 8 heteroatoms. The molecule has 6 rings (SSSR count). The predicted molar refractivity (Wildman–Crippen MR) is 171 cm³/mol. The van der Waals surface area contributed by atoms with Gasteiger partial charge in [-0.15, -0.1) is 0 Å². The smallest absolute Gasteiger partial charge is 0.238 e. The van der Waals surface area contributed by atoms with Gasteiger partial charge in [-0.25, -0.2) is 29.9 Å². The van der Waals surface area contributed by atoms with Crippen LogP contribution >= 0.6 is 0 Å². The molecular formula is C38H12N8. The maximum Gasteiger partial charge on any atom is 0.270 e. The summed E-state index contributed by atoms with van der Waals surface area (Å²) in [6.45, 7) is 30.6. The Bertz CT molecular complexity index is 2280. The molecule has 204 valence electrons. The van der Waals surface area contributed by atoms with Crippen LogP contribution in [0.1, 0.15) is 33.4 Å². The van der Waals surface area contributed by atoms with Gasteiger partial charge in [0.05, 0.1) is 50.6 Å². The molecule has 4 aromatic rings. The average molecular weight is 581 g/mol. The molecule has 2 aliphatic carbocycles. The lowest BCUT2D eigenvalue weighted by Crippen LogP contribution is -1.96. The van der Waals surface area contributed by atoms with Gasteiger partial charge in [-0.05, 0) is 104 Å². The van der Waals surface area contributed by atoms with Crippen LogP contribution in [-0.2, 0) is 0 Å². The van der Waals surface area contributed by atoms with Crippen LogP contribution in [0.5, 0.6) is 0 Å². The predicted octanol–water partition coefficient (Wildman–Crippen LogP) is 9.11. The van der Waals surface area contributed by atoms with E-state index in [1.54, 1.807) is 48.5 Å². The van der Waals surface area contributed by atoms with Gasteiger partial charge in [0.2, 0.25) is 0 Å². The topological polar surface area (TPSA) is 113 Å². The first-order valence-corrected chi connectivity index (χ1v) is 13.4. The highest BCUT2D eigenvalue weighted by Gasteiger charge is 2.39. The zero-order valence-corrected chi connectivity index (χ0v) is 23.5. The van der Waals surface area contributed by atoms with Crippen molar-refractivity contribution in [3.63, 3.8) is 0 Å². The molecule has 0 saturated heterocycles. The van der Waals surface area contributed by atoms with Crippen LogP contribution in [0.15, 0.2) is 84.2 Å². The molecular weight excluding hydrogens is 568 g/mol. The summed E-state index contributed by atoms with van der Waals surface area (Å²) in [4.78, 5) is 14.1. The fraction of sp³-hybridized carbons (Fsp3) is 0. The van der Waals surface area contributed by atoms with E-state index < -0.39 is 0 Å². The van der Waals surface area contributed by atoms with Gasteiger partial charge in [0.25, 0.3) is 11.4 Å². The van der Waals surface area contributed by atoms with Crippen LogP contribution in [0.3, 0.4) is 0 Å². The summed E-state index contributed by atoms with van der Waals surface area (Å²) in [5.41, 5.74) is 7.53. The summed E-state index contributed by atoms with van der Waals surface area (Å²) in [6, 6.07) is 28.6. The minimum absolute atomic E-state index is 0.165. The Morgan fingerprint density at radius 1 is 0.478 bits per heavy atom.